The molecule has 0 spiro atoms. The molecule has 1 heterocycles. The molecule has 1 aromatic heterocycles. The first-order valence-corrected chi connectivity index (χ1v) is 9.03. The molecule has 0 N–H and O–H groups in total. The fraction of sp³-hybridized carbons (Fsp3) is 0.765. The molecule has 0 fully saturated rings. The molecule has 0 saturated carbocycles. The number of hydrogen-bond donors (Lipinski definition) is 0. The molecule has 0 unspecified atom stereocenters. The lowest BCUT2D eigenvalue weighted by Gasteiger charge is -2.01. The molecule has 0 aromatic carbocycles. The largest absolute Gasteiger partial charge is 0.299 e. The van der Waals surface area contributed by atoms with Crippen molar-refractivity contribution in [3.05, 3.63) is 16.1 Å². The van der Waals surface area contributed by atoms with Crippen LogP contribution in [0.1, 0.15) is 81.8 Å². The molecule has 114 valence electrons. The van der Waals surface area contributed by atoms with E-state index in [1.54, 1.807) is 11.3 Å². The third-order valence-corrected chi connectivity index (χ3v) is 4.54. The number of aryl methyl sites for hydroxylation is 1. The van der Waals surface area contributed by atoms with Crippen LogP contribution in [0.5, 0.6) is 0 Å². The number of thiazole rings is 1. The molecular formula is C17H29NOS. The van der Waals surface area contributed by atoms with Gasteiger partial charge < -0.3 is 0 Å². The summed E-state index contributed by atoms with van der Waals surface area (Å²) in [7, 11) is 0. The Balaban J connectivity index is 1.92. The highest BCUT2D eigenvalue weighted by Crippen LogP contribution is 2.13. The third kappa shape index (κ3) is 8.47. The minimum atomic E-state index is 0.349. The molecule has 0 atom stereocenters. The van der Waals surface area contributed by atoms with Gasteiger partial charge in [-0.25, -0.2) is 4.98 Å². The number of carbonyl (C=O) groups excluding carboxylic acids is 1. The Hall–Kier alpha value is -0.700. The lowest BCUT2D eigenvalue weighted by molar-refractivity contribution is -0.118. The van der Waals surface area contributed by atoms with Crippen LogP contribution < -0.4 is 0 Å². The van der Waals surface area contributed by atoms with Gasteiger partial charge in [-0.1, -0.05) is 58.3 Å². The number of aromatic nitrogens is 1. The van der Waals surface area contributed by atoms with Crippen LogP contribution in [-0.4, -0.2) is 10.8 Å². The smallest absolute Gasteiger partial charge is 0.139 e. The standard InChI is InChI=1S/C17H29NOS/c1-3-4-5-6-7-8-9-10-11-12-16(19)13-17-18-15(2)14-20-17/h14H,3-13H2,1-2H3. The van der Waals surface area contributed by atoms with Crippen LogP contribution in [0.3, 0.4) is 0 Å². The van der Waals surface area contributed by atoms with Crippen molar-refractivity contribution < 1.29 is 4.79 Å². The van der Waals surface area contributed by atoms with Gasteiger partial charge in [-0.3, -0.25) is 4.79 Å². The zero-order valence-electron chi connectivity index (χ0n) is 13.1. The van der Waals surface area contributed by atoms with Gasteiger partial charge in [-0.2, -0.15) is 0 Å². The summed E-state index contributed by atoms with van der Waals surface area (Å²) >= 11 is 1.60. The minimum Gasteiger partial charge on any atom is -0.299 e. The predicted molar refractivity (Wildman–Crippen MR) is 87.4 cm³/mol. The van der Waals surface area contributed by atoms with Gasteiger partial charge in [0.05, 0.1) is 6.42 Å². The van der Waals surface area contributed by atoms with Crippen molar-refractivity contribution in [2.24, 2.45) is 0 Å². The molecule has 20 heavy (non-hydrogen) atoms. The molecule has 1 rings (SSSR count). The number of unbranched alkanes of at least 4 members (excludes halogenated alkanes) is 8. The van der Waals surface area contributed by atoms with Crippen LogP contribution >= 0.6 is 11.3 Å². The van der Waals surface area contributed by atoms with Crippen LogP contribution in [-0.2, 0) is 11.2 Å². The Labute approximate surface area is 128 Å². The van der Waals surface area contributed by atoms with Crippen molar-refractivity contribution >= 4 is 17.1 Å². The number of rotatable bonds is 12. The van der Waals surface area contributed by atoms with E-state index in [0.29, 0.717) is 12.2 Å². The number of hydrogen-bond acceptors (Lipinski definition) is 3. The van der Waals surface area contributed by atoms with Crippen LogP contribution in [0.15, 0.2) is 5.38 Å². The van der Waals surface area contributed by atoms with Gasteiger partial charge in [0.25, 0.3) is 0 Å². The molecule has 0 radical (unpaired) electrons. The van der Waals surface area contributed by atoms with Gasteiger partial charge >= 0.3 is 0 Å². The molecule has 0 bridgehead atoms. The third-order valence-electron chi connectivity index (χ3n) is 3.57. The van der Waals surface area contributed by atoms with Gasteiger partial charge in [0.1, 0.15) is 10.8 Å². The zero-order chi connectivity index (χ0) is 14.6. The van der Waals surface area contributed by atoms with E-state index in [-0.39, 0.29) is 0 Å². The summed E-state index contributed by atoms with van der Waals surface area (Å²) in [5.74, 6) is 0.349. The van der Waals surface area contributed by atoms with Crippen molar-refractivity contribution in [3.8, 4) is 0 Å². The van der Waals surface area contributed by atoms with Crippen LogP contribution in [0.25, 0.3) is 0 Å². The second kappa shape index (κ2) is 11.0. The van der Waals surface area contributed by atoms with Gasteiger partial charge in [0.2, 0.25) is 0 Å². The van der Waals surface area contributed by atoms with Crippen LogP contribution in [0.4, 0.5) is 0 Å². The average Bonchev–Trinajstić information content (AvgIpc) is 2.82. The maximum absolute atomic E-state index is 11.8. The number of ketones is 1. The van der Waals surface area contributed by atoms with E-state index >= 15 is 0 Å². The normalized spacial score (nSPS) is 10.9. The maximum atomic E-state index is 11.8. The van der Waals surface area contributed by atoms with Crippen molar-refractivity contribution in [1.82, 2.24) is 4.98 Å². The second-order valence-corrected chi connectivity index (χ2v) is 6.62. The second-order valence-electron chi connectivity index (χ2n) is 5.68. The predicted octanol–water partition coefficient (Wildman–Crippen LogP) is 5.48. The van der Waals surface area contributed by atoms with Crippen molar-refractivity contribution in [1.29, 1.82) is 0 Å². The Morgan fingerprint density at radius 1 is 1.05 bits per heavy atom. The SMILES string of the molecule is CCCCCCCCCCCC(=O)Cc1nc(C)cs1. The fourth-order valence-corrected chi connectivity index (χ4v) is 3.17. The van der Waals surface area contributed by atoms with Crippen molar-refractivity contribution in [2.75, 3.05) is 0 Å². The summed E-state index contributed by atoms with van der Waals surface area (Å²) in [6, 6.07) is 0. The Kier molecular flexibility index (Phi) is 9.56. The summed E-state index contributed by atoms with van der Waals surface area (Å²) in [5.41, 5.74) is 1.03. The van der Waals surface area contributed by atoms with Gasteiger partial charge in [0.15, 0.2) is 0 Å². The van der Waals surface area contributed by atoms with Crippen molar-refractivity contribution in [3.63, 3.8) is 0 Å². The molecule has 1 aromatic rings. The Morgan fingerprint density at radius 3 is 2.20 bits per heavy atom. The minimum absolute atomic E-state index is 0.349. The summed E-state index contributed by atoms with van der Waals surface area (Å²) in [6.45, 7) is 4.23. The molecule has 0 aliphatic carbocycles. The quantitative estimate of drug-likeness (QED) is 0.478. The van der Waals surface area contributed by atoms with E-state index in [4.69, 9.17) is 0 Å². The first-order chi connectivity index (χ1) is 9.72. The van der Waals surface area contributed by atoms with Crippen LogP contribution in [0, 0.1) is 6.92 Å². The molecule has 0 amide bonds. The van der Waals surface area contributed by atoms with Crippen LogP contribution in [0.2, 0.25) is 0 Å². The molecule has 2 nitrogen and oxygen atoms in total. The number of carbonyl (C=O) groups is 1. The highest BCUT2D eigenvalue weighted by atomic mass is 32.1. The van der Waals surface area contributed by atoms with E-state index in [2.05, 4.69) is 11.9 Å². The highest BCUT2D eigenvalue weighted by molar-refractivity contribution is 7.09. The van der Waals surface area contributed by atoms with E-state index in [1.165, 1.54) is 51.4 Å². The number of Topliss-reactive ketones (excluding diaryl/α,β-unsaturated/α-hetero) is 1. The lowest BCUT2D eigenvalue weighted by atomic mass is 10.0. The average molecular weight is 295 g/mol. The molecule has 0 aliphatic rings. The maximum Gasteiger partial charge on any atom is 0.139 e. The summed E-state index contributed by atoms with van der Waals surface area (Å²) in [5, 5.41) is 2.99. The highest BCUT2D eigenvalue weighted by Gasteiger charge is 2.06. The van der Waals surface area contributed by atoms with Gasteiger partial charge in [0, 0.05) is 17.5 Å². The van der Waals surface area contributed by atoms with Gasteiger partial charge in [-0.15, -0.1) is 11.3 Å². The summed E-state index contributed by atoms with van der Waals surface area (Å²) < 4.78 is 0. The van der Waals surface area contributed by atoms with E-state index in [9.17, 15) is 4.79 Å². The molecule has 3 heteroatoms. The fourth-order valence-electron chi connectivity index (χ4n) is 2.37. The Morgan fingerprint density at radius 2 is 1.65 bits per heavy atom. The summed E-state index contributed by atoms with van der Waals surface area (Å²) in [4.78, 5) is 16.1. The monoisotopic (exact) mass is 295 g/mol. The van der Waals surface area contributed by atoms with E-state index in [1.807, 2.05) is 12.3 Å². The van der Waals surface area contributed by atoms with Gasteiger partial charge in [-0.05, 0) is 13.3 Å². The molecular weight excluding hydrogens is 266 g/mol. The Bertz CT molecular complexity index is 373. The first-order valence-electron chi connectivity index (χ1n) is 8.15. The van der Waals surface area contributed by atoms with E-state index < -0.39 is 0 Å². The topological polar surface area (TPSA) is 30.0 Å². The van der Waals surface area contributed by atoms with E-state index in [0.717, 1.165) is 23.5 Å². The molecule has 0 aliphatic heterocycles. The number of nitrogens with zero attached hydrogens (tertiary/aromatic N) is 1. The van der Waals surface area contributed by atoms with Crippen molar-refractivity contribution in [2.45, 2.75) is 84.5 Å². The first kappa shape index (κ1) is 17.4. The lowest BCUT2D eigenvalue weighted by Crippen LogP contribution is -2.02. The summed E-state index contributed by atoms with van der Waals surface area (Å²) in [6.07, 6.45) is 13.0. The molecule has 0 saturated heterocycles. The zero-order valence-corrected chi connectivity index (χ0v) is 13.9.